The van der Waals surface area contributed by atoms with E-state index in [9.17, 15) is 4.79 Å². The molecule has 1 aromatic rings. The predicted octanol–water partition coefficient (Wildman–Crippen LogP) is 2.04. The highest BCUT2D eigenvalue weighted by molar-refractivity contribution is 5.97. The number of halogens is 2. The largest absolute Gasteiger partial charge is 0.488 e. The van der Waals surface area contributed by atoms with E-state index >= 15 is 0 Å². The van der Waals surface area contributed by atoms with Gasteiger partial charge in [0.1, 0.15) is 11.9 Å². The Hall–Kier alpha value is -0.930. The average molecular weight is 250 g/mol. The summed E-state index contributed by atoms with van der Waals surface area (Å²) in [7, 11) is 0. The summed E-state index contributed by atoms with van der Waals surface area (Å²) in [6.07, 6.45) is 0.0348. The van der Waals surface area contributed by atoms with E-state index in [-0.39, 0.29) is 36.8 Å². The molecule has 0 spiro atoms. The van der Waals surface area contributed by atoms with Crippen molar-refractivity contribution in [1.29, 1.82) is 0 Å². The number of para-hydroxylation sites is 1. The molecule has 1 heterocycles. The summed E-state index contributed by atoms with van der Waals surface area (Å²) in [5.74, 6) is 0.616. The van der Waals surface area contributed by atoms with Crippen molar-refractivity contribution < 1.29 is 9.53 Å². The van der Waals surface area contributed by atoms with Crippen LogP contribution in [0.5, 0.6) is 5.75 Å². The summed E-state index contributed by atoms with van der Waals surface area (Å²) in [6.45, 7) is 2.50. The van der Waals surface area contributed by atoms with Gasteiger partial charge in [-0.3, -0.25) is 4.79 Å². The van der Waals surface area contributed by atoms with E-state index in [1.54, 1.807) is 6.07 Å². The van der Waals surface area contributed by atoms with Gasteiger partial charge in [-0.25, -0.2) is 0 Å². The summed E-state index contributed by atoms with van der Waals surface area (Å²) in [4.78, 5) is 11.5. The first-order chi connectivity index (χ1) is 6.27. The Kier molecular flexibility index (Phi) is 5.47. The lowest BCUT2D eigenvalue weighted by Gasteiger charge is -2.10. The number of rotatable bonds is 0. The Balaban J connectivity index is 0.000000980. The van der Waals surface area contributed by atoms with Gasteiger partial charge >= 0.3 is 0 Å². The minimum atomic E-state index is -0.0556. The number of hydrogen-bond acceptors (Lipinski definition) is 2. The Labute approximate surface area is 101 Å². The third-order valence-electron chi connectivity index (χ3n) is 2.01. The fourth-order valence-electron chi connectivity index (χ4n) is 1.35. The highest BCUT2D eigenvalue weighted by Gasteiger charge is 2.18. The molecule has 0 bridgehead atoms. The van der Waals surface area contributed by atoms with Crippen LogP contribution in [0.4, 0.5) is 0 Å². The summed E-state index contributed by atoms with van der Waals surface area (Å²) in [6, 6.07) is 7.28. The van der Waals surface area contributed by atoms with Crippen LogP contribution in [0.15, 0.2) is 24.3 Å². The van der Waals surface area contributed by atoms with Crippen LogP contribution in [0.25, 0.3) is 0 Å². The molecule has 1 aliphatic rings. The number of amides is 1. The number of carbonyl (C=O) groups excluding carboxylic acids is 1. The average Bonchev–Trinajstić information content (AvgIpc) is 2.27. The second-order valence-electron chi connectivity index (χ2n) is 3.13. The number of nitrogens with one attached hydrogen (secondary N) is 1. The van der Waals surface area contributed by atoms with E-state index < -0.39 is 0 Å². The van der Waals surface area contributed by atoms with Gasteiger partial charge in [0.05, 0.1) is 12.1 Å². The molecular weight excluding hydrogens is 237 g/mol. The molecule has 0 saturated carbocycles. The van der Waals surface area contributed by atoms with Crippen LogP contribution in [0, 0.1) is 0 Å². The second-order valence-corrected chi connectivity index (χ2v) is 3.13. The number of ether oxygens (including phenoxy) is 1. The molecule has 2 rings (SSSR count). The van der Waals surface area contributed by atoms with Crippen molar-refractivity contribution in [1.82, 2.24) is 5.32 Å². The zero-order valence-corrected chi connectivity index (χ0v) is 9.86. The molecule has 1 unspecified atom stereocenters. The molecule has 1 aliphatic heterocycles. The molecule has 0 radical (unpaired) electrons. The van der Waals surface area contributed by atoms with E-state index in [4.69, 9.17) is 4.74 Å². The van der Waals surface area contributed by atoms with Crippen molar-refractivity contribution in [2.75, 3.05) is 6.54 Å². The van der Waals surface area contributed by atoms with Crippen molar-refractivity contribution in [2.24, 2.45) is 0 Å². The van der Waals surface area contributed by atoms with Gasteiger partial charge in [0.25, 0.3) is 5.91 Å². The van der Waals surface area contributed by atoms with Crippen LogP contribution in [-0.4, -0.2) is 18.6 Å². The Morgan fingerprint density at radius 3 is 2.73 bits per heavy atom. The molecule has 0 aliphatic carbocycles. The maximum absolute atomic E-state index is 11.5. The zero-order chi connectivity index (χ0) is 9.26. The Morgan fingerprint density at radius 2 is 2.00 bits per heavy atom. The Morgan fingerprint density at radius 1 is 1.33 bits per heavy atom. The van der Waals surface area contributed by atoms with E-state index in [2.05, 4.69) is 5.32 Å². The molecule has 1 N–H and O–H groups in total. The molecule has 3 nitrogen and oxygen atoms in total. The third-order valence-corrected chi connectivity index (χ3v) is 2.01. The molecule has 1 aromatic carbocycles. The number of benzene rings is 1. The van der Waals surface area contributed by atoms with Crippen molar-refractivity contribution in [3.63, 3.8) is 0 Å². The fraction of sp³-hybridized carbons (Fsp3) is 0.300. The minimum absolute atomic E-state index is 0. The van der Waals surface area contributed by atoms with Crippen LogP contribution < -0.4 is 10.1 Å². The van der Waals surface area contributed by atoms with Gasteiger partial charge in [0, 0.05) is 0 Å². The maximum Gasteiger partial charge on any atom is 0.255 e. The molecular formula is C10H13Cl2NO2. The highest BCUT2D eigenvalue weighted by atomic mass is 35.5. The first-order valence-corrected chi connectivity index (χ1v) is 4.31. The molecule has 1 amide bonds. The molecule has 1 atom stereocenters. The van der Waals surface area contributed by atoms with Gasteiger partial charge in [-0.15, -0.1) is 24.8 Å². The normalized spacial score (nSPS) is 18.2. The van der Waals surface area contributed by atoms with Gasteiger partial charge < -0.3 is 10.1 Å². The summed E-state index contributed by atoms with van der Waals surface area (Å²) >= 11 is 0. The molecule has 84 valence electrons. The van der Waals surface area contributed by atoms with Gasteiger partial charge in [0.2, 0.25) is 0 Å². The number of fused-ring (bicyclic) bond motifs is 1. The van der Waals surface area contributed by atoms with Crippen molar-refractivity contribution in [3.8, 4) is 5.75 Å². The quantitative estimate of drug-likeness (QED) is 0.765. The van der Waals surface area contributed by atoms with Crippen molar-refractivity contribution >= 4 is 30.7 Å². The number of hydrogen-bond donors (Lipinski definition) is 1. The minimum Gasteiger partial charge on any atom is -0.488 e. The molecule has 0 saturated heterocycles. The monoisotopic (exact) mass is 249 g/mol. The van der Waals surface area contributed by atoms with Gasteiger partial charge in [0.15, 0.2) is 0 Å². The van der Waals surface area contributed by atoms with Crippen LogP contribution >= 0.6 is 24.8 Å². The van der Waals surface area contributed by atoms with E-state index in [0.717, 1.165) is 0 Å². The first-order valence-electron chi connectivity index (χ1n) is 4.31. The molecule has 5 heteroatoms. The highest BCUT2D eigenvalue weighted by Crippen LogP contribution is 2.20. The SMILES string of the molecule is CC1CNC(=O)c2ccccc2O1.Cl.Cl. The topological polar surface area (TPSA) is 38.3 Å². The molecule has 0 fully saturated rings. The van der Waals surface area contributed by atoms with Gasteiger partial charge in [-0.05, 0) is 19.1 Å². The van der Waals surface area contributed by atoms with Gasteiger partial charge in [-0.1, -0.05) is 12.1 Å². The fourth-order valence-corrected chi connectivity index (χ4v) is 1.35. The lowest BCUT2D eigenvalue weighted by molar-refractivity contribution is 0.0952. The standard InChI is InChI=1S/C10H11NO2.2ClH/c1-7-6-11-10(12)8-4-2-3-5-9(8)13-7;;/h2-5,7H,6H2,1H3,(H,11,12);2*1H. The lowest BCUT2D eigenvalue weighted by Crippen LogP contribution is -2.29. The lowest BCUT2D eigenvalue weighted by atomic mass is 10.2. The predicted molar refractivity (Wildman–Crippen MR) is 63.4 cm³/mol. The summed E-state index contributed by atoms with van der Waals surface area (Å²) in [5.41, 5.74) is 0.617. The van der Waals surface area contributed by atoms with E-state index in [1.165, 1.54) is 0 Å². The van der Waals surface area contributed by atoms with Crippen LogP contribution in [0.2, 0.25) is 0 Å². The zero-order valence-electron chi connectivity index (χ0n) is 8.23. The second kappa shape index (κ2) is 5.83. The molecule has 0 aromatic heterocycles. The first kappa shape index (κ1) is 14.1. The van der Waals surface area contributed by atoms with E-state index in [0.29, 0.717) is 17.9 Å². The Bertz CT molecular complexity index is 344. The van der Waals surface area contributed by atoms with Crippen LogP contribution in [-0.2, 0) is 0 Å². The van der Waals surface area contributed by atoms with Gasteiger partial charge in [-0.2, -0.15) is 0 Å². The third kappa shape index (κ3) is 3.01. The molecule has 15 heavy (non-hydrogen) atoms. The van der Waals surface area contributed by atoms with Crippen LogP contribution in [0.1, 0.15) is 17.3 Å². The maximum atomic E-state index is 11.5. The number of carbonyl (C=O) groups is 1. The summed E-state index contributed by atoms with van der Waals surface area (Å²) < 4.78 is 5.54. The van der Waals surface area contributed by atoms with Crippen molar-refractivity contribution in [2.45, 2.75) is 13.0 Å². The van der Waals surface area contributed by atoms with Crippen molar-refractivity contribution in [3.05, 3.63) is 29.8 Å². The van der Waals surface area contributed by atoms with E-state index in [1.807, 2.05) is 25.1 Å². The van der Waals surface area contributed by atoms with Crippen LogP contribution in [0.3, 0.4) is 0 Å². The summed E-state index contributed by atoms with van der Waals surface area (Å²) in [5, 5.41) is 2.79. The smallest absolute Gasteiger partial charge is 0.255 e.